The number of rotatable bonds is 6. The molecule has 0 saturated carbocycles. The summed E-state index contributed by atoms with van der Waals surface area (Å²) in [5.41, 5.74) is 0. The lowest BCUT2D eigenvalue weighted by Crippen LogP contribution is -2.40. The first-order chi connectivity index (χ1) is 7.33. The lowest BCUT2D eigenvalue weighted by molar-refractivity contribution is -0.143. The van der Waals surface area contributed by atoms with Gasteiger partial charge in [-0.1, -0.05) is 0 Å². The van der Waals surface area contributed by atoms with Gasteiger partial charge in [0.15, 0.2) is 0 Å². The summed E-state index contributed by atoms with van der Waals surface area (Å²) in [5.74, 6) is -0.0791. The van der Waals surface area contributed by atoms with Crippen LogP contribution in [-0.4, -0.2) is 38.3 Å². The van der Waals surface area contributed by atoms with Gasteiger partial charge in [-0.2, -0.15) is 0 Å². The molecular formula is C11H22N2O2. The zero-order chi connectivity index (χ0) is 10.9. The summed E-state index contributed by atoms with van der Waals surface area (Å²) in [4.78, 5) is 11.0. The van der Waals surface area contributed by atoms with E-state index in [-0.39, 0.29) is 5.97 Å². The van der Waals surface area contributed by atoms with Crippen LogP contribution < -0.4 is 10.6 Å². The number of hydrogen-bond acceptors (Lipinski definition) is 4. The van der Waals surface area contributed by atoms with Crippen LogP contribution in [0.2, 0.25) is 0 Å². The summed E-state index contributed by atoms with van der Waals surface area (Å²) in [6.45, 7) is 5.46. The number of carbonyl (C=O) groups is 1. The normalized spacial score (nSPS) is 17.7. The van der Waals surface area contributed by atoms with Crippen LogP contribution in [0.4, 0.5) is 0 Å². The molecule has 0 bridgehead atoms. The molecule has 0 unspecified atom stereocenters. The van der Waals surface area contributed by atoms with E-state index < -0.39 is 0 Å². The van der Waals surface area contributed by atoms with Crippen LogP contribution >= 0.6 is 0 Å². The zero-order valence-corrected chi connectivity index (χ0v) is 9.55. The van der Waals surface area contributed by atoms with Gasteiger partial charge >= 0.3 is 5.97 Å². The van der Waals surface area contributed by atoms with Crippen molar-refractivity contribution in [2.45, 2.75) is 38.6 Å². The Morgan fingerprint density at radius 2 is 2.20 bits per heavy atom. The standard InChI is InChI=1S/C11H22N2O2/c1-2-15-11(14)4-3-7-13-10-5-8-12-9-6-10/h10,12-13H,2-9H2,1H3. The quantitative estimate of drug-likeness (QED) is 0.504. The fraction of sp³-hybridized carbons (Fsp3) is 0.909. The highest BCUT2D eigenvalue weighted by atomic mass is 16.5. The minimum atomic E-state index is -0.0791. The molecule has 1 aliphatic rings. The Balaban J connectivity index is 1.93. The highest BCUT2D eigenvalue weighted by molar-refractivity contribution is 5.69. The molecule has 0 radical (unpaired) electrons. The predicted molar refractivity (Wildman–Crippen MR) is 59.8 cm³/mol. The molecule has 1 rings (SSSR count). The molecule has 1 fully saturated rings. The van der Waals surface area contributed by atoms with E-state index in [0.717, 1.165) is 26.1 Å². The molecule has 0 amide bonds. The molecular weight excluding hydrogens is 192 g/mol. The smallest absolute Gasteiger partial charge is 0.305 e. The number of esters is 1. The van der Waals surface area contributed by atoms with Gasteiger partial charge in [-0.3, -0.25) is 4.79 Å². The highest BCUT2D eigenvalue weighted by Gasteiger charge is 2.11. The second-order valence-corrected chi connectivity index (χ2v) is 3.89. The number of ether oxygens (including phenoxy) is 1. The van der Waals surface area contributed by atoms with Crippen molar-refractivity contribution in [2.24, 2.45) is 0 Å². The van der Waals surface area contributed by atoms with E-state index in [1.807, 2.05) is 6.92 Å². The van der Waals surface area contributed by atoms with Gasteiger partial charge in [-0.15, -0.1) is 0 Å². The molecule has 2 N–H and O–H groups in total. The molecule has 4 heteroatoms. The predicted octanol–water partition coefficient (Wildman–Crippen LogP) is 0.671. The van der Waals surface area contributed by atoms with Gasteiger partial charge in [0, 0.05) is 12.5 Å². The molecule has 15 heavy (non-hydrogen) atoms. The Morgan fingerprint density at radius 3 is 2.87 bits per heavy atom. The van der Waals surface area contributed by atoms with Crippen LogP contribution in [0.15, 0.2) is 0 Å². The van der Waals surface area contributed by atoms with Crippen LogP contribution in [-0.2, 0) is 9.53 Å². The Morgan fingerprint density at radius 1 is 1.47 bits per heavy atom. The molecule has 0 aromatic carbocycles. The third-order valence-corrected chi connectivity index (χ3v) is 2.64. The molecule has 0 atom stereocenters. The lowest BCUT2D eigenvalue weighted by atomic mass is 10.1. The van der Waals surface area contributed by atoms with Crippen molar-refractivity contribution in [1.29, 1.82) is 0 Å². The summed E-state index contributed by atoms with van der Waals surface area (Å²) in [6, 6.07) is 0.633. The van der Waals surface area contributed by atoms with Crippen LogP contribution in [0.3, 0.4) is 0 Å². The molecule has 0 spiro atoms. The van der Waals surface area contributed by atoms with Crippen molar-refractivity contribution >= 4 is 5.97 Å². The first-order valence-electron chi connectivity index (χ1n) is 5.92. The van der Waals surface area contributed by atoms with Gasteiger partial charge in [-0.05, 0) is 45.8 Å². The number of nitrogens with one attached hydrogen (secondary N) is 2. The van der Waals surface area contributed by atoms with Crippen molar-refractivity contribution < 1.29 is 9.53 Å². The topological polar surface area (TPSA) is 50.4 Å². The first kappa shape index (κ1) is 12.5. The maximum atomic E-state index is 11.0. The van der Waals surface area contributed by atoms with E-state index >= 15 is 0 Å². The number of hydrogen-bond donors (Lipinski definition) is 2. The van der Waals surface area contributed by atoms with Crippen molar-refractivity contribution in [2.75, 3.05) is 26.2 Å². The van der Waals surface area contributed by atoms with Crippen LogP contribution in [0.5, 0.6) is 0 Å². The molecule has 0 aromatic rings. The number of carbonyl (C=O) groups excluding carboxylic acids is 1. The van der Waals surface area contributed by atoms with Crippen LogP contribution in [0.25, 0.3) is 0 Å². The first-order valence-corrected chi connectivity index (χ1v) is 5.92. The molecule has 4 nitrogen and oxygen atoms in total. The summed E-state index contributed by atoms with van der Waals surface area (Å²) < 4.78 is 4.86. The van der Waals surface area contributed by atoms with Crippen LogP contribution in [0.1, 0.15) is 32.6 Å². The molecule has 1 saturated heterocycles. The molecule has 88 valence electrons. The van der Waals surface area contributed by atoms with E-state index in [9.17, 15) is 4.79 Å². The largest absolute Gasteiger partial charge is 0.466 e. The van der Waals surface area contributed by atoms with Crippen molar-refractivity contribution in [1.82, 2.24) is 10.6 Å². The van der Waals surface area contributed by atoms with Crippen LogP contribution in [0, 0.1) is 0 Å². The summed E-state index contributed by atoms with van der Waals surface area (Å²) in [6.07, 6.45) is 3.80. The van der Waals surface area contributed by atoms with E-state index in [1.54, 1.807) is 0 Å². The summed E-state index contributed by atoms with van der Waals surface area (Å²) >= 11 is 0. The Hall–Kier alpha value is -0.610. The average Bonchev–Trinajstić information content (AvgIpc) is 2.26. The molecule has 1 aliphatic heterocycles. The van der Waals surface area contributed by atoms with E-state index in [0.29, 0.717) is 19.1 Å². The second-order valence-electron chi connectivity index (χ2n) is 3.89. The lowest BCUT2D eigenvalue weighted by Gasteiger charge is -2.23. The van der Waals surface area contributed by atoms with Gasteiger partial charge in [-0.25, -0.2) is 0 Å². The molecule has 0 aromatic heterocycles. The van der Waals surface area contributed by atoms with Gasteiger partial charge < -0.3 is 15.4 Å². The fourth-order valence-corrected chi connectivity index (χ4v) is 1.80. The zero-order valence-electron chi connectivity index (χ0n) is 9.55. The molecule has 1 heterocycles. The fourth-order valence-electron chi connectivity index (χ4n) is 1.80. The maximum absolute atomic E-state index is 11.0. The third-order valence-electron chi connectivity index (χ3n) is 2.64. The van der Waals surface area contributed by atoms with Gasteiger partial charge in [0.2, 0.25) is 0 Å². The SMILES string of the molecule is CCOC(=O)CCCNC1CCNCC1. The van der Waals surface area contributed by atoms with E-state index in [1.165, 1.54) is 12.8 Å². The number of piperidine rings is 1. The van der Waals surface area contributed by atoms with Gasteiger partial charge in [0.05, 0.1) is 6.61 Å². The van der Waals surface area contributed by atoms with E-state index in [4.69, 9.17) is 4.74 Å². The third kappa shape index (κ3) is 5.74. The van der Waals surface area contributed by atoms with Crippen molar-refractivity contribution in [3.63, 3.8) is 0 Å². The van der Waals surface area contributed by atoms with Gasteiger partial charge in [0.25, 0.3) is 0 Å². The minimum Gasteiger partial charge on any atom is -0.466 e. The van der Waals surface area contributed by atoms with Crippen molar-refractivity contribution in [3.05, 3.63) is 0 Å². The second kappa shape index (κ2) is 7.65. The molecule has 0 aliphatic carbocycles. The Labute approximate surface area is 91.8 Å². The minimum absolute atomic E-state index is 0.0791. The average molecular weight is 214 g/mol. The van der Waals surface area contributed by atoms with Crippen molar-refractivity contribution in [3.8, 4) is 0 Å². The van der Waals surface area contributed by atoms with E-state index in [2.05, 4.69) is 10.6 Å². The Kier molecular flexibility index (Phi) is 6.36. The maximum Gasteiger partial charge on any atom is 0.305 e. The summed E-state index contributed by atoms with van der Waals surface area (Å²) in [7, 11) is 0. The highest BCUT2D eigenvalue weighted by Crippen LogP contribution is 2.02. The Bertz CT molecular complexity index is 179. The summed E-state index contributed by atoms with van der Waals surface area (Å²) in [5, 5.41) is 6.80. The monoisotopic (exact) mass is 214 g/mol. The van der Waals surface area contributed by atoms with Gasteiger partial charge in [0.1, 0.15) is 0 Å².